The first-order valence-corrected chi connectivity index (χ1v) is 6.77. The van der Waals surface area contributed by atoms with E-state index in [1.807, 2.05) is 6.92 Å². The van der Waals surface area contributed by atoms with Gasteiger partial charge >= 0.3 is 0 Å². The van der Waals surface area contributed by atoms with Gasteiger partial charge < -0.3 is 10.1 Å². The molecule has 4 heteroatoms. The number of nitrogens with one attached hydrogen (secondary N) is 1. The van der Waals surface area contributed by atoms with Gasteiger partial charge in [0.1, 0.15) is 11.6 Å². The van der Waals surface area contributed by atoms with Gasteiger partial charge in [0, 0.05) is 12.1 Å². The van der Waals surface area contributed by atoms with Crippen LogP contribution in [0.5, 0.6) is 5.75 Å². The Morgan fingerprint density at radius 3 is 2.67 bits per heavy atom. The van der Waals surface area contributed by atoms with Gasteiger partial charge in [-0.15, -0.1) is 0 Å². The van der Waals surface area contributed by atoms with Crippen molar-refractivity contribution in [3.8, 4) is 22.9 Å². The molecular formula is C17H17FN2O. The van der Waals surface area contributed by atoms with Crippen molar-refractivity contribution in [3.63, 3.8) is 0 Å². The van der Waals surface area contributed by atoms with Gasteiger partial charge in [-0.2, -0.15) is 5.26 Å². The topological polar surface area (TPSA) is 45.0 Å². The predicted molar refractivity (Wildman–Crippen MR) is 80.5 cm³/mol. The molecule has 0 aromatic heterocycles. The molecule has 0 aliphatic rings. The molecule has 2 rings (SSSR count). The fourth-order valence-corrected chi connectivity index (χ4v) is 2.22. The van der Waals surface area contributed by atoms with E-state index in [0.717, 1.165) is 23.2 Å². The predicted octanol–water partition coefficient (Wildman–Crippen LogP) is 3.48. The average Bonchev–Trinajstić information content (AvgIpc) is 2.52. The summed E-state index contributed by atoms with van der Waals surface area (Å²) in [6.45, 7) is 3.35. The summed E-state index contributed by atoms with van der Waals surface area (Å²) in [7, 11) is 1.58. The van der Waals surface area contributed by atoms with Gasteiger partial charge in [0.05, 0.1) is 18.7 Å². The quantitative estimate of drug-likeness (QED) is 0.914. The number of hydrogen-bond acceptors (Lipinski definition) is 3. The summed E-state index contributed by atoms with van der Waals surface area (Å²) in [5.74, 6) is 0.389. The van der Waals surface area contributed by atoms with E-state index < -0.39 is 0 Å². The lowest BCUT2D eigenvalue weighted by Gasteiger charge is -2.14. The Morgan fingerprint density at radius 2 is 2.00 bits per heavy atom. The number of benzene rings is 2. The summed E-state index contributed by atoms with van der Waals surface area (Å²) in [5.41, 5.74) is 3.05. The van der Waals surface area contributed by atoms with Crippen LogP contribution in [0.1, 0.15) is 18.1 Å². The molecule has 2 aromatic rings. The van der Waals surface area contributed by atoms with Crippen LogP contribution in [0.2, 0.25) is 0 Å². The molecule has 0 saturated carbocycles. The molecule has 0 aliphatic carbocycles. The fourth-order valence-electron chi connectivity index (χ4n) is 2.22. The second-order valence-corrected chi connectivity index (χ2v) is 4.61. The van der Waals surface area contributed by atoms with Crippen molar-refractivity contribution in [2.75, 3.05) is 13.7 Å². The maximum absolute atomic E-state index is 13.5. The first-order valence-electron chi connectivity index (χ1n) is 6.77. The summed E-state index contributed by atoms with van der Waals surface area (Å²) < 4.78 is 18.9. The number of ether oxygens (including phenoxy) is 1. The van der Waals surface area contributed by atoms with Crippen molar-refractivity contribution >= 4 is 0 Å². The van der Waals surface area contributed by atoms with Gasteiger partial charge in [-0.1, -0.05) is 13.0 Å². The van der Waals surface area contributed by atoms with E-state index in [0.29, 0.717) is 17.9 Å². The Morgan fingerprint density at radius 1 is 1.19 bits per heavy atom. The minimum atomic E-state index is -0.276. The van der Waals surface area contributed by atoms with E-state index in [1.54, 1.807) is 31.4 Å². The van der Waals surface area contributed by atoms with Gasteiger partial charge in [0.25, 0.3) is 0 Å². The molecule has 108 valence electrons. The number of hydrogen-bond donors (Lipinski definition) is 1. The Bertz CT molecular complexity index is 677. The van der Waals surface area contributed by atoms with Gasteiger partial charge in [-0.3, -0.25) is 0 Å². The number of nitriles is 1. The van der Waals surface area contributed by atoms with Crippen LogP contribution in [0.3, 0.4) is 0 Å². The van der Waals surface area contributed by atoms with E-state index in [2.05, 4.69) is 11.4 Å². The summed E-state index contributed by atoms with van der Waals surface area (Å²) in [6, 6.07) is 12.0. The van der Waals surface area contributed by atoms with E-state index in [4.69, 9.17) is 10.00 Å². The molecule has 0 radical (unpaired) electrons. The highest BCUT2D eigenvalue weighted by molar-refractivity contribution is 5.74. The van der Waals surface area contributed by atoms with Crippen LogP contribution < -0.4 is 10.1 Å². The van der Waals surface area contributed by atoms with Gasteiger partial charge in [0.15, 0.2) is 0 Å². The lowest BCUT2D eigenvalue weighted by Crippen LogP contribution is -2.12. The number of halogens is 1. The normalized spacial score (nSPS) is 10.2. The van der Waals surface area contributed by atoms with E-state index in [9.17, 15) is 4.39 Å². The molecule has 0 aliphatic heterocycles. The zero-order chi connectivity index (χ0) is 15.2. The molecule has 0 amide bonds. The van der Waals surface area contributed by atoms with Gasteiger partial charge in [-0.25, -0.2) is 4.39 Å². The Balaban J connectivity index is 2.57. The second kappa shape index (κ2) is 6.87. The van der Waals surface area contributed by atoms with Crippen molar-refractivity contribution in [1.29, 1.82) is 5.26 Å². The fraction of sp³-hybridized carbons (Fsp3) is 0.235. The van der Waals surface area contributed by atoms with Gasteiger partial charge in [-0.05, 0) is 48.0 Å². The van der Waals surface area contributed by atoms with Crippen LogP contribution in [0.4, 0.5) is 4.39 Å². The van der Waals surface area contributed by atoms with Crippen LogP contribution in [0, 0.1) is 17.1 Å². The molecule has 0 atom stereocenters. The minimum Gasteiger partial charge on any atom is -0.496 e. The van der Waals surface area contributed by atoms with Crippen molar-refractivity contribution in [2.45, 2.75) is 13.5 Å². The SMILES string of the molecule is CCNCc1cc(F)ccc1-c1cc(C#N)ccc1OC. The molecule has 0 saturated heterocycles. The highest BCUT2D eigenvalue weighted by Gasteiger charge is 2.12. The van der Waals surface area contributed by atoms with E-state index >= 15 is 0 Å². The largest absolute Gasteiger partial charge is 0.496 e. The maximum atomic E-state index is 13.5. The van der Waals surface area contributed by atoms with Crippen LogP contribution in [-0.2, 0) is 6.54 Å². The highest BCUT2D eigenvalue weighted by atomic mass is 19.1. The molecule has 0 bridgehead atoms. The van der Waals surface area contributed by atoms with Crippen molar-refractivity contribution in [1.82, 2.24) is 5.32 Å². The van der Waals surface area contributed by atoms with Crippen LogP contribution >= 0.6 is 0 Å². The van der Waals surface area contributed by atoms with Crippen LogP contribution in [-0.4, -0.2) is 13.7 Å². The van der Waals surface area contributed by atoms with Gasteiger partial charge in [0.2, 0.25) is 0 Å². The van der Waals surface area contributed by atoms with E-state index in [1.165, 1.54) is 12.1 Å². The molecule has 21 heavy (non-hydrogen) atoms. The minimum absolute atomic E-state index is 0.276. The molecular weight excluding hydrogens is 267 g/mol. The number of rotatable bonds is 5. The van der Waals surface area contributed by atoms with Crippen LogP contribution in [0.15, 0.2) is 36.4 Å². The third-order valence-electron chi connectivity index (χ3n) is 3.25. The monoisotopic (exact) mass is 284 g/mol. The van der Waals surface area contributed by atoms with Crippen molar-refractivity contribution in [3.05, 3.63) is 53.3 Å². The molecule has 0 fully saturated rings. The molecule has 0 unspecified atom stereocenters. The zero-order valence-electron chi connectivity index (χ0n) is 12.1. The third-order valence-corrected chi connectivity index (χ3v) is 3.25. The summed E-state index contributed by atoms with van der Waals surface area (Å²) >= 11 is 0. The van der Waals surface area contributed by atoms with Crippen molar-refractivity contribution < 1.29 is 9.13 Å². The zero-order valence-corrected chi connectivity index (χ0v) is 12.1. The lowest BCUT2D eigenvalue weighted by atomic mass is 9.97. The average molecular weight is 284 g/mol. The smallest absolute Gasteiger partial charge is 0.126 e. The molecule has 0 spiro atoms. The Labute approximate surface area is 124 Å². The summed E-state index contributed by atoms with van der Waals surface area (Å²) in [5, 5.41) is 12.3. The first kappa shape index (κ1) is 15.0. The molecule has 2 aromatic carbocycles. The van der Waals surface area contributed by atoms with Crippen molar-refractivity contribution in [2.24, 2.45) is 0 Å². The Hall–Kier alpha value is -2.38. The maximum Gasteiger partial charge on any atom is 0.126 e. The first-order chi connectivity index (χ1) is 10.2. The number of nitrogens with zero attached hydrogens (tertiary/aromatic N) is 1. The summed E-state index contributed by atoms with van der Waals surface area (Å²) in [6.07, 6.45) is 0. The number of methoxy groups -OCH3 is 1. The molecule has 1 N–H and O–H groups in total. The molecule has 0 heterocycles. The van der Waals surface area contributed by atoms with Crippen LogP contribution in [0.25, 0.3) is 11.1 Å². The molecule has 3 nitrogen and oxygen atoms in total. The highest BCUT2D eigenvalue weighted by Crippen LogP contribution is 2.33. The lowest BCUT2D eigenvalue weighted by molar-refractivity contribution is 0.416. The van der Waals surface area contributed by atoms with E-state index in [-0.39, 0.29) is 5.82 Å². The summed E-state index contributed by atoms with van der Waals surface area (Å²) in [4.78, 5) is 0. The third kappa shape index (κ3) is 3.39. The Kier molecular flexibility index (Phi) is 4.91. The standard InChI is InChI=1S/C17H17FN2O/c1-3-20-11-13-9-14(18)5-6-15(13)16-8-12(10-19)4-7-17(16)21-2/h4-9,20H,3,11H2,1-2H3. The second-order valence-electron chi connectivity index (χ2n) is 4.61.